The van der Waals surface area contributed by atoms with Crippen molar-refractivity contribution >= 4 is 33.2 Å². The van der Waals surface area contributed by atoms with Gasteiger partial charge in [0.1, 0.15) is 5.75 Å². The van der Waals surface area contributed by atoms with Crippen molar-refractivity contribution in [2.75, 3.05) is 23.9 Å². The van der Waals surface area contributed by atoms with Gasteiger partial charge in [-0.25, -0.2) is 13.1 Å². The van der Waals surface area contributed by atoms with Gasteiger partial charge in [0.25, 0.3) is 5.91 Å². The van der Waals surface area contributed by atoms with Crippen molar-refractivity contribution in [2.45, 2.75) is 44.0 Å². The number of benzene rings is 3. The molecule has 0 unspecified atom stereocenters. The van der Waals surface area contributed by atoms with E-state index < -0.39 is 10.0 Å². The molecule has 1 heterocycles. The fourth-order valence-electron chi connectivity index (χ4n) is 4.25. The Labute approximate surface area is 217 Å². The van der Waals surface area contributed by atoms with Gasteiger partial charge in [-0.3, -0.25) is 9.59 Å². The Morgan fingerprint density at radius 2 is 1.70 bits per heavy atom. The van der Waals surface area contributed by atoms with Crippen molar-refractivity contribution in [3.05, 3.63) is 83.4 Å². The zero-order chi connectivity index (χ0) is 26.6. The molecule has 0 radical (unpaired) electrons. The number of amides is 2. The lowest BCUT2D eigenvalue weighted by atomic mass is 10.1. The van der Waals surface area contributed by atoms with Gasteiger partial charge in [-0.15, -0.1) is 0 Å². The molecule has 194 valence electrons. The number of fused-ring (bicyclic) bond motifs is 1. The van der Waals surface area contributed by atoms with Crippen LogP contribution in [-0.4, -0.2) is 39.9 Å². The van der Waals surface area contributed by atoms with Crippen molar-refractivity contribution in [2.24, 2.45) is 0 Å². The molecule has 2 amide bonds. The van der Waals surface area contributed by atoms with E-state index in [-0.39, 0.29) is 29.2 Å². The number of ether oxygens (including phenoxy) is 1. The van der Waals surface area contributed by atoms with Crippen molar-refractivity contribution in [3.8, 4) is 5.75 Å². The van der Waals surface area contributed by atoms with Gasteiger partial charge in [-0.1, -0.05) is 18.2 Å². The Morgan fingerprint density at radius 3 is 2.35 bits per heavy atom. The topological polar surface area (TPSA) is 105 Å². The first kappa shape index (κ1) is 26.4. The number of rotatable bonds is 9. The molecule has 2 N–H and O–H groups in total. The molecule has 4 rings (SSSR count). The van der Waals surface area contributed by atoms with E-state index in [9.17, 15) is 18.0 Å². The zero-order valence-electron chi connectivity index (χ0n) is 21.2. The van der Waals surface area contributed by atoms with Crippen LogP contribution in [0.1, 0.15) is 41.8 Å². The minimum Gasteiger partial charge on any atom is -0.497 e. The van der Waals surface area contributed by atoms with E-state index in [1.165, 1.54) is 0 Å². The molecule has 1 aliphatic heterocycles. The number of aryl methyl sites for hydroxylation is 1. The van der Waals surface area contributed by atoms with E-state index in [4.69, 9.17) is 4.74 Å². The maximum atomic E-state index is 13.1. The van der Waals surface area contributed by atoms with Crippen LogP contribution < -0.4 is 19.7 Å². The molecule has 0 aliphatic carbocycles. The summed E-state index contributed by atoms with van der Waals surface area (Å²) in [4.78, 5) is 27.6. The monoisotopic (exact) mass is 521 g/mol. The van der Waals surface area contributed by atoms with Gasteiger partial charge >= 0.3 is 0 Å². The predicted molar refractivity (Wildman–Crippen MR) is 144 cm³/mol. The van der Waals surface area contributed by atoms with Crippen LogP contribution >= 0.6 is 0 Å². The Balaban J connectivity index is 1.37. The molecule has 0 spiro atoms. The standard InChI is InChI=1S/C28H31N3O5S/c1-19(2)30-37(34,35)25-13-4-20(5-14-25)6-15-27(32)29-23-10-7-21-16-17-31(26(21)18-23)28(33)22-8-11-24(36-3)12-9-22/h4-5,7-14,18-19,30H,6,15-17H2,1-3H3,(H,29,32). The van der Waals surface area contributed by atoms with Gasteiger partial charge in [0.05, 0.1) is 12.0 Å². The molecule has 0 aromatic heterocycles. The summed E-state index contributed by atoms with van der Waals surface area (Å²) in [6.07, 6.45) is 1.46. The third kappa shape index (κ3) is 6.36. The number of methoxy groups -OCH3 is 1. The molecular weight excluding hydrogens is 490 g/mol. The molecule has 3 aromatic rings. The summed E-state index contributed by atoms with van der Waals surface area (Å²) in [6.45, 7) is 4.11. The Kier molecular flexibility index (Phi) is 7.94. The highest BCUT2D eigenvalue weighted by atomic mass is 32.2. The molecule has 9 heteroatoms. The predicted octanol–water partition coefficient (Wildman–Crippen LogP) is 4.16. The lowest BCUT2D eigenvalue weighted by molar-refractivity contribution is -0.116. The first-order valence-corrected chi connectivity index (χ1v) is 13.6. The van der Waals surface area contributed by atoms with E-state index in [2.05, 4.69) is 10.0 Å². The summed E-state index contributed by atoms with van der Waals surface area (Å²) in [5, 5.41) is 2.91. The molecular formula is C28H31N3O5S. The van der Waals surface area contributed by atoms with Crippen LogP contribution in [0.15, 0.2) is 71.6 Å². The van der Waals surface area contributed by atoms with Gasteiger partial charge in [0.15, 0.2) is 0 Å². The lowest BCUT2D eigenvalue weighted by Crippen LogP contribution is -2.30. The molecule has 0 bridgehead atoms. The Morgan fingerprint density at radius 1 is 1.00 bits per heavy atom. The van der Waals surface area contributed by atoms with Gasteiger partial charge in [-0.2, -0.15) is 0 Å². The molecule has 3 aromatic carbocycles. The van der Waals surface area contributed by atoms with Gasteiger partial charge in [0, 0.05) is 35.9 Å². The highest BCUT2D eigenvalue weighted by molar-refractivity contribution is 7.89. The van der Waals surface area contributed by atoms with E-state index >= 15 is 0 Å². The highest BCUT2D eigenvalue weighted by Crippen LogP contribution is 2.32. The van der Waals surface area contributed by atoms with E-state index in [1.807, 2.05) is 18.2 Å². The van der Waals surface area contributed by atoms with Gasteiger partial charge in [-0.05, 0) is 86.3 Å². The van der Waals surface area contributed by atoms with Crippen LogP contribution in [0, 0.1) is 0 Å². The van der Waals surface area contributed by atoms with Crippen molar-refractivity contribution < 1.29 is 22.7 Å². The number of anilines is 2. The number of hydrogen-bond acceptors (Lipinski definition) is 5. The number of nitrogens with zero attached hydrogens (tertiary/aromatic N) is 1. The fourth-order valence-corrected chi connectivity index (χ4v) is 5.50. The van der Waals surface area contributed by atoms with Gasteiger partial charge in [0.2, 0.25) is 15.9 Å². The molecule has 0 fully saturated rings. The van der Waals surface area contributed by atoms with E-state index in [1.54, 1.807) is 74.4 Å². The third-order valence-electron chi connectivity index (χ3n) is 6.11. The number of sulfonamides is 1. The summed E-state index contributed by atoms with van der Waals surface area (Å²) in [5.74, 6) is 0.426. The summed E-state index contributed by atoms with van der Waals surface area (Å²) >= 11 is 0. The molecule has 37 heavy (non-hydrogen) atoms. The first-order valence-electron chi connectivity index (χ1n) is 12.2. The van der Waals surface area contributed by atoms with Crippen molar-refractivity contribution in [1.29, 1.82) is 0 Å². The van der Waals surface area contributed by atoms with Crippen LogP contribution in [0.3, 0.4) is 0 Å². The fraction of sp³-hybridized carbons (Fsp3) is 0.286. The van der Waals surface area contributed by atoms with Gasteiger partial charge < -0.3 is 15.0 Å². The Bertz CT molecular complexity index is 1380. The van der Waals surface area contributed by atoms with Crippen LogP contribution in [0.5, 0.6) is 5.75 Å². The molecule has 0 saturated carbocycles. The number of nitrogens with one attached hydrogen (secondary N) is 2. The summed E-state index contributed by atoms with van der Waals surface area (Å²) < 4.78 is 32.3. The quantitative estimate of drug-likeness (QED) is 0.440. The molecule has 0 saturated heterocycles. The van der Waals surface area contributed by atoms with Crippen molar-refractivity contribution in [3.63, 3.8) is 0 Å². The highest BCUT2D eigenvalue weighted by Gasteiger charge is 2.26. The normalized spacial score (nSPS) is 12.9. The average Bonchev–Trinajstić information content (AvgIpc) is 3.30. The van der Waals surface area contributed by atoms with Crippen LogP contribution in [-0.2, 0) is 27.7 Å². The van der Waals surface area contributed by atoms with Crippen molar-refractivity contribution in [1.82, 2.24) is 4.72 Å². The second-order valence-electron chi connectivity index (χ2n) is 9.25. The third-order valence-corrected chi connectivity index (χ3v) is 7.79. The smallest absolute Gasteiger partial charge is 0.258 e. The number of hydrogen-bond donors (Lipinski definition) is 2. The van der Waals surface area contributed by atoms with Crippen LogP contribution in [0.4, 0.5) is 11.4 Å². The minimum absolute atomic E-state index is 0.0982. The lowest BCUT2D eigenvalue weighted by Gasteiger charge is -2.18. The maximum absolute atomic E-state index is 13.1. The Hall–Kier alpha value is -3.69. The number of carbonyl (C=O) groups excluding carboxylic acids is 2. The average molecular weight is 522 g/mol. The first-order chi connectivity index (χ1) is 17.7. The van der Waals surface area contributed by atoms with E-state index in [0.717, 1.165) is 23.2 Å². The number of carbonyl (C=O) groups is 2. The molecule has 8 nitrogen and oxygen atoms in total. The van der Waals surface area contributed by atoms with Crippen LogP contribution in [0.2, 0.25) is 0 Å². The summed E-state index contributed by atoms with van der Waals surface area (Å²) in [7, 11) is -1.97. The minimum atomic E-state index is -3.55. The summed E-state index contributed by atoms with van der Waals surface area (Å²) in [6, 6.07) is 19.0. The molecule has 0 atom stereocenters. The van der Waals surface area contributed by atoms with E-state index in [0.29, 0.717) is 30.0 Å². The second kappa shape index (κ2) is 11.1. The summed E-state index contributed by atoms with van der Waals surface area (Å²) in [5.41, 5.74) is 3.91. The second-order valence-corrected chi connectivity index (χ2v) is 11.0. The molecule has 1 aliphatic rings. The maximum Gasteiger partial charge on any atom is 0.258 e. The SMILES string of the molecule is COc1ccc(C(=O)N2CCc3ccc(NC(=O)CCc4ccc(S(=O)(=O)NC(C)C)cc4)cc32)cc1. The largest absolute Gasteiger partial charge is 0.497 e. The zero-order valence-corrected chi connectivity index (χ0v) is 22.0. The van der Waals surface area contributed by atoms with Crippen LogP contribution in [0.25, 0.3) is 0 Å².